The maximum atomic E-state index is 13.1. The van der Waals surface area contributed by atoms with E-state index >= 15 is 0 Å². The summed E-state index contributed by atoms with van der Waals surface area (Å²) in [7, 11) is 1.58. The van der Waals surface area contributed by atoms with E-state index in [1.54, 1.807) is 13.2 Å². The molecule has 1 aromatic carbocycles. The fourth-order valence-electron chi connectivity index (χ4n) is 1.61. The molecule has 0 radical (unpaired) electrons. The molecule has 0 fully saturated rings. The first-order valence-electron chi connectivity index (χ1n) is 5.53. The van der Waals surface area contributed by atoms with Gasteiger partial charge in [0.25, 0.3) is 0 Å². The molecule has 1 aromatic rings. The van der Waals surface area contributed by atoms with Gasteiger partial charge in [-0.1, -0.05) is 0 Å². The topological polar surface area (TPSA) is 60.0 Å². The van der Waals surface area contributed by atoms with E-state index in [4.69, 9.17) is 15.3 Å². The molecule has 0 aliphatic carbocycles. The minimum absolute atomic E-state index is 0.268. The second-order valence-electron chi connectivity index (χ2n) is 3.66. The molecule has 0 N–H and O–H groups in total. The SMILES string of the molecule is COCCN(CCC#N)c1ccc(F)cc1C#N. The first kappa shape index (κ1) is 14.0. The van der Waals surface area contributed by atoms with Gasteiger partial charge >= 0.3 is 0 Å². The van der Waals surface area contributed by atoms with Crippen LogP contribution in [0.5, 0.6) is 0 Å². The highest BCUT2D eigenvalue weighted by Gasteiger charge is 2.11. The van der Waals surface area contributed by atoms with Crippen LogP contribution in [0.25, 0.3) is 0 Å². The van der Waals surface area contributed by atoms with Crippen LogP contribution in [0.3, 0.4) is 0 Å². The summed E-state index contributed by atoms with van der Waals surface area (Å²) in [5.41, 5.74) is 0.898. The van der Waals surface area contributed by atoms with Gasteiger partial charge in [0.2, 0.25) is 0 Å². The minimum Gasteiger partial charge on any atom is -0.383 e. The fraction of sp³-hybridized carbons (Fsp3) is 0.385. The van der Waals surface area contributed by atoms with E-state index in [9.17, 15) is 4.39 Å². The molecule has 5 heteroatoms. The van der Waals surface area contributed by atoms with Crippen molar-refractivity contribution in [1.82, 2.24) is 0 Å². The van der Waals surface area contributed by atoms with Crippen molar-refractivity contribution in [2.45, 2.75) is 6.42 Å². The van der Waals surface area contributed by atoms with E-state index < -0.39 is 5.82 Å². The second kappa shape index (κ2) is 7.26. The van der Waals surface area contributed by atoms with Gasteiger partial charge in [0.1, 0.15) is 11.9 Å². The van der Waals surface area contributed by atoms with Gasteiger partial charge in [0.05, 0.1) is 30.3 Å². The third kappa shape index (κ3) is 3.73. The number of halogens is 1. The summed E-state index contributed by atoms with van der Waals surface area (Å²) in [5.74, 6) is -0.442. The maximum Gasteiger partial charge on any atom is 0.124 e. The molecule has 0 aliphatic heterocycles. The van der Waals surface area contributed by atoms with Crippen molar-refractivity contribution >= 4 is 5.69 Å². The van der Waals surface area contributed by atoms with Crippen LogP contribution < -0.4 is 4.90 Å². The van der Waals surface area contributed by atoms with Crippen molar-refractivity contribution in [3.05, 3.63) is 29.6 Å². The van der Waals surface area contributed by atoms with Gasteiger partial charge in [-0.3, -0.25) is 0 Å². The molecule has 0 spiro atoms. The highest BCUT2D eigenvalue weighted by molar-refractivity contribution is 5.59. The molecular weight excluding hydrogens is 233 g/mol. The Morgan fingerprint density at radius 3 is 2.72 bits per heavy atom. The van der Waals surface area contributed by atoms with Gasteiger partial charge in [0.15, 0.2) is 0 Å². The number of nitriles is 2. The maximum absolute atomic E-state index is 13.1. The smallest absolute Gasteiger partial charge is 0.124 e. The molecule has 18 heavy (non-hydrogen) atoms. The zero-order chi connectivity index (χ0) is 13.4. The molecule has 0 saturated heterocycles. The first-order valence-corrected chi connectivity index (χ1v) is 5.53. The van der Waals surface area contributed by atoms with Crippen LogP contribution in [0.15, 0.2) is 18.2 Å². The summed E-state index contributed by atoms with van der Waals surface area (Å²) in [4.78, 5) is 1.85. The Labute approximate surface area is 106 Å². The molecule has 0 amide bonds. The van der Waals surface area contributed by atoms with E-state index in [-0.39, 0.29) is 5.56 Å². The number of hydrogen-bond acceptors (Lipinski definition) is 4. The normalized spacial score (nSPS) is 9.56. The summed E-state index contributed by atoms with van der Waals surface area (Å²) in [6.45, 7) is 1.52. The van der Waals surface area contributed by atoms with Crippen molar-refractivity contribution in [2.24, 2.45) is 0 Å². The van der Waals surface area contributed by atoms with Gasteiger partial charge in [-0.05, 0) is 18.2 Å². The van der Waals surface area contributed by atoms with Crippen LogP contribution in [-0.4, -0.2) is 26.8 Å². The van der Waals surface area contributed by atoms with Gasteiger partial charge in [0, 0.05) is 20.2 Å². The quantitative estimate of drug-likeness (QED) is 0.772. The molecule has 4 nitrogen and oxygen atoms in total. The number of anilines is 1. The zero-order valence-corrected chi connectivity index (χ0v) is 10.2. The average molecular weight is 247 g/mol. The Morgan fingerprint density at radius 1 is 1.33 bits per heavy atom. The highest BCUT2D eigenvalue weighted by Crippen LogP contribution is 2.21. The van der Waals surface area contributed by atoms with Crippen molar-refractivity contribution < 1.29 is 9.13 Å². The Balaban J connectivity index is 2.97. The Hall–Kier alpha value is -2.11. The first-order chi connectivity index (χ1) is 8.72. The zero-order valence-electron chi connectivity index (χ0n) is 10.2. The largest absolute Gasteiger partial charge is 0.383 e. The van der Waals surface area contributed by atoms with Crippen LogP contribution in [0.1, 0.15) is 12.0 Å². The summed E-state index contributed by atoms with van der Waals surface area (Å²) in [6.07, 6.45) is 0.339. The molecule has 0 heterocycles. The van der Waals surface area contributed by atoms with Crippen LogP contribution in [0, 0.1) is 28.5 Å². The van der Waals surface area contributed by atoms with E-state index in [0.717, 1.165) is 0 Å². The van der Waals surface area contributed by atoms with Gasteiger partial charge in [-0.25, -0.2) is 4.39 Å². The van der Waals surface area contributed by atoms with E-state index in [0.29, 0.717) is 31.8 Å². The third-order valence-electron chi connectivity index (χ3n) is 2.48. The Kier molecular flexibility index (Phi) is 5.63. The minimum atomic E-state index is -0.442. The van der Waals surface area contributed by atoms with Crippen molar-refractivity contribution in [3.63, 3.8) is 0 Å². The third-order valence-corrected chi connectivity index (χ3v) is 2.48. The van der Waals surface area contributed by atoms with Crippen molar-refractivity contribution in [1.29, 1.82) is 10.5 Å². The lowest BCUT2D eigenvalue weighted by atomic mass is 10.1. The Morgan fingerprint density at radius 2 is 2.11 bits per heavy atom. The lowest BCUT2D eigenvalue weighted by Gasteiger charge is -2.24. The lowest BCUT2D eigenvalue weighted by molar-refractivity contribution is 0.205. The molecule has 1 rings (SSSR count). The van der Waals surface area contributed by atoms with Crippen LogP contribution in [-0.2, 0) is 4.74 Å². The van der Waals surface area contributed by atoms with E-state index in [1.807, 2.05) is 11.0 Å². The molecule has 0 bridgehead atoms. The monoisotopic (exact) mass is 247 g/mol. The Bertz CT molecular complexity index is 476. The number of benzene rings is 1. The number of ether oxygens (including phenoxy) is 1. The molecule has 94 valence electrons. The van der Waals surface area contributed by atoms with Crippen molar-refractivity contribution in [3.8, 4) is 12.1 Å². The average Bonchev–Trinajstić information content (AvgIpc) is 2.39. The lowest BCUT2D eigenvalue weighted by Crippen LogP contribution is -2.28. The number of hydrogen-bond donors (Lipinski definition) is 0. The molecular formula is C13H14FN3O. The molecule has 0 atom stereocenters. The predicted octanol–water partition coefficient (Wildman–Crippen LogP) is 2.06. The number of methoxy groups -OCH3 is 1. The second-order valence-corrected chi connectivity index (χ2v) is 3.66. The number of rotatable bonds is 6. The van der Waals surface area contributed by atoms with Crippen molar-refractivity contribution in [2.75, 3.05) is 31.7 Å². The fourth-order valence-corrected chi connectivity index (χ4v) is 1.61. The molecule has 0 aromatic heterocycles. The molecule has 0 aliphatic rings. The summed E-state index contributed by atoms with van der Waals surface area (Å²) in [5, 5.41) is 17.6. The van der Waals surface area contributed by atoms with Crippen LogP contribution in [0.2, 0.25) is 0 Å². The standard InChI is InChI=1S/C13H14FN3O/c1-18-8-7-17(6-2-5-15)13-4-3-12(14)9-11(13)10-16/h3-4,9H,2,6-8H2,1H3. The number of nitrogens with zero attached hydrogens (tertiary/aromatic N) is 3. The highest BCUT2D eigenvalue weighted by atomic mass is 19.1. The van der Waals surface area contributed by atoms with E-state index in [2.05, 4.69) is 6.07 Å². The summed E-state index contributed by atoms with van der Waals surface area (Å²) < 4.78 is 18.0. The van der Waals surface area contributed by atoms with E-state index in [1.165, 1.54) is 12.1 Å². The van der Waals surface area contributed by atoms with Gasteiger partial charge < -0.3 is 9.64 Å². The summed E-state index contributed by atoms with van der Waals surface area (Å²) in [6, 6.07) is 8.08. The van der Waals surface area contributed by atoms with Crippen LogP contribution >= 0.6 is 0 Å². The van der Waals surface area contributed by atoms with Gasteiger partial charge in [-0.15, -0.1) is 0 Å². The predicted molar refractivity (Wildman–Crippen MR) is 65.4 cm³/mol. The summed E-state index contributed by atoms with van der Waals surface area (Å²) >= 11 is 0. The van der Waals surface area contributed by atoms with Crippen LogP contribution in [0.4, 0.5) is 10.1 Å². The molecule has 0 saturated carbocycles. The molecule has 0 unspecified atom stereocenters. The van der Waals surface area contributed by atoms with Gasteiger partial charge in [-0.2, -0.15) is 10.5 Å².